The van der Waals surface area contributed by atoms with E-state index in [1.807, 2.05) is 13.1 Å². The topological polar surface area (TPSA) is 56.1 Å². The Hall–Kier alpha value is -1.36. The lowest BCUT2D eigenvalue weighted by atomic mass is 9.92. The number of nitrogens with one attached hydrogen (secondary N) is 1. The fraction of sp³-hybridized carbons (Fsp3) is 0.714. The monoisotopic (exact) mass is 263 g/mol. The molecule has 2 heterocycles. The Morgan fingerprint density at radius 1 is 1.53 bits per heavy atom. The Labute approximate surface area is 113 Å². The van der Waals surface area contributed by atoms with Crippen molar-refractivity contribution in [1.29, 1.82) is 0 Å². The maximum atomic E-state index is 11.7. The average molecular weight is 263 g/mol. The third kappa shape index (κ3) is 2.27. The lowest BCUT2D eigenvalue weighted by molar-refractivity contribution is -0.142. The van der Waals surface area contributed by atoms with Crippen molar-refractivity contribution >= 4 is 5.97 Å². The van der Waals surface area contributed by atoms with Gasteiger partial charge in [-0.25, -0.2) is 0 Å². The summed E-state index contributed by atoms with van der Waals surface area (Å²) in [6.07, 6.45) is 6.07. The fourth-order valence-corrected chi connectivity index (χ4v) is 3.20. The first-order valence-corrected chi connectivity index (χ1v) is 7.20. The van der Waals surface area contributed by atoms with Gasteiger partial charge in [0, 0.05) is 30.3 Å². The van der Waals surface area contributed by atoms with Crippen molar-refractivity contribution in [3.8, 4) is 0 Å². The van der Waals surface area contributed by atoms with E-state index in [1.165, 1.54) is 11.3 Å². The van der Waals surface area contributed by atoms with Gasteiger partial charge in [0.2, 0.25) is 0 Å². The molecule has 1 aromatic rings. The summed E-state index contributed by atoms with van der Waals surface area (Å²) in [6, 6.07) is 0.0860. The molecule has 19 heavy (non-hydrogen) atoms. The van der Waals surface area contributed by atoms with Crippen LogP contribution in [-0.2, 0) is 22.5 Å². The average Bonchev–Trinajstić information content (AvgIpc) is 2.94. The number of carbonyl (C=O) groups excluding carboxylic acids is 1. The summed E-state index contributed by atoms with van der Waals surface area (Å²) in [7, 11) is 0. The first kappa shape index (κ1) is 12.7. The van der Waals surface area contributed by atoms with E-state index in [-0.39, 0.29) is 24.2 Å². The zero-order valence-electron chi connectivity index (χ0n) is 11.6. The lowest BCUT2D eigenvalue weighted by Gasteiger charge is -2.25. The van der Waals surface area contributed by atoms with Crippen LogP contribution in [-0.4, -0.2) is 27.9 Å². The Balaban J connectivity index is 1.77. The SMILES string of the molecule is CCn1ncc2c1CCC[C@@H]2N[C@H]1C[C@H](C)OC1=O. The molecule has 0 amide bonds. The van der Waals surface area contributed by atoms with Gasteiger partial charge in [0.05, 0.1) is 6.20 Å². The first-order chi connectivity index (χ1) is 9.19. The molecule has 0 saturated carbocycles. The minimum Gasteiger partial charge on any atom is -0.461 e. The highest BCUT2D eigenvalue weighted by atomic mass is 16.6. The highest BCUT2D eigenvalue weighted by Gasteiger charge is 2.35. The summed E-state index contributed by atoms with van der Waals surface area (Å²) in [5, 5.41) is 7.90. The maximum absolute atomic E-state index is 11.7. The van der Waals surface area contributed by atoms with Crippen molar-refractivity contribution < 1.29 is 9.53 Å². The third-order valence-corrected chi connectivity index (χ3v) is 4.13. The van der Waals surface area contributed by atoms with Crippen molar-refractivity contribution in [3.63, 3.8) is 0 Å². The van der Waals surface area contributed by atoms with E-state index in [0.29, 0.717) is 0 Å². The number of fused-ring (bicyclic) bond motifs is 1. The van der Waals surface area contributed by atoms with Crippen molar-refractivity contribution in [3.05, 3.63) is 17.5 Å². The van der Waals surface area contributed by atoms with Crippen LogP contribution in [0.15, 0.2) is 6.20 Å². The van der Waals surface area contributed by atoms with E-state index in [2.05, 4.69) is 22.0 Å². The number of ether oxygens (including phenoxy) is 1. The van der Waals surface area contributed by atoms with Crippen LogP contribution in [0.2, 0.25) is 0 Å². The second kappa shape index (κ2) is 4.96. The van der Waals surface area contributed by atoms with Gasteiger partial charge in [0.15, 0.2) is 0 Å². The van der Waals surface area contributed by atoms with Crippen LogP contribution >= 0.6 is 0 Å². The number of nitrogens with zero attached hydrogens (tertiary/aromatic N) is 2. The number of cyclic esters (lactones) is 1. The molecule has 2 aliphatic rings. The van der Waals surface area contributed by atoms with Crippen molar-refractivity contribution in [2.75, 3.05) is 0 Å². The maximum Gasteiger partial charge on any atom is 0.323 e. The summed E-state index contributed by atoms with van der Waals surface area (Å²) in [5.41, 5.74) is 2.59. The second-order valence-corrected chi connectivity index (χ2v) is 5.51. The van der Waals surface area contributed by atoms with Gasteiger partial charge in [0.25, 0.3) is 0 Å². The Bertz CT molecular complexity index is 483. The Morgan fingerprint density at radius 3 is 3.05 bits per heavy atom. The van der Waals surface area contributed by atoms with Crippen molar-refractivity contribution in [2.24, 2.45) is 0 Å². The minimum atomic E-state index is -0.157. The van der Waals surface area contributed by atoms with E-state index < -0.39 is 0 Å². The number of rotatable bonds is 3. The molecular weight excluding hydrogens is 242 g/mol. The van der Waals surface area contributed by atoms with Crippen LogP contribution in [0.4, 0.5) is 0 Å². The van der Waals surface area contributed by atoms with Crippen LogP contribution in [0.3, 0.4) is 0 Å². The summed E-state index contributed by atoms with van der Waals surface area (Å²) >= 11 is 0. The number of carbonyl (C=O) groups is 1. The quantitative estimate of drug-likeness (QED) is 0.841. The zero-order chi connectivity index (χ0) is 13.4. The molecule has 0 radical (unpaired) electrons. The van der Waals surface area contributed by atoms with Gasteiger partial charge < -0.3 is 4.74 Å². The summed E-state index contributed by atoms with van der Waals surface area (Å²) in [5.74, 6) is -0.109. The lowest BCUT2D eigenvalue weighted by Crippen LogP contribution is -2.37. The van der Waals surface area contributed by atoms with E-state index in [9.17, 15) is 4.79 Å². The molecule has 1 aliphatic heterocycles. The molecule has 1 N–H and O–H groups in total. The van der Waals surface area contributed by atoms with E-state index in [1.54, 1.807) is 0 Å². The summed E-state index contributed by atoms with van der Waals surface area (Å²) < 4.78 is 7.28. The standard InChI is InChI=1S/C14H21N3O2/c1-3-17-13-6-4-5-11(10(13)8-15-17)16-12-7-9(2)19-14(12)18/h8-9,11-12,16H,3-7H2,1-2H3/t9-,11-,12-/m0/s1. The molecular formula is C14H21N3O2. The number of hydrogen-bond acceptors (Lipinski definition) is 4. The summed E-state index contributed by atoms with van der Waals surface area (Å²) in [6.45, 7) is 4.96. The molecule has 0 unspecified atom stereocenters. The van der Waals surface area contributed by atoms with Crippen LogP contribution in [0, 0.1) is 0 Å². The van der Waals surface area contributed by atoms with Gasteiger partial charge in [0.1, 0.15) is 12.1 Å². The molecule has 1 aliphatic carbocycles. The molecule has 5 heteroatoms. The molecule has 0 spiro atoms. The smallest absolute Gasteiger partial charge is 0.323 e. The first-order valence-electron chi connectivity index (χ1n) is 7.20. The highest BCUT2D eigenvalue weighted by molar-refractivity contribution is 5.78. The molecule has 3 rings (SSSR count). The van der Waals surface area contributed by atoms with Crippen LogP contribution in [0.25, 0.3) is 0 Å². The predicted octanol–water partition coefficient (Wildman–Crippen LogP) is 1.57. The zero-order valence-corrected chi connectivity index (χ0v) is 11.6. The number of aryl methyl sites for hydroxylation is 1. The molecule has 1 saturated heterocycles. The van der Waals surface area contributed by atoms with Gasteiger partial charge >= 0.3 is 5.97 Å². The Kier molecular flexibility index (Phi) is 3.31. The van der Waals surface area contributed by atoms with Crippen LogP contribution in [0.1, 0.15) is 50.4 Å². The molecule has 1 fully saturated rings. The number of aromatic nitrogens is 2. The van der Waals surface area contributed by atoms with Gasteiger partial charge in [-0.2, -0.15) is 5.10 Å². The molecule has 0 bridgehead atoms. The summed E-state index contributed by atoms with van der Waals surface area (Å²) in [4.78, 5) is 11.7. The van der Waals surface area contributed by atoms with Gasteiger partial charge in [-0.1, -0.05) is 0 Å². The van der Waals surface area contributed by atoms with Crippen LogP contribution in [0.5, 0.6) is 0 Å². The van der Waals surface area contributed by atoms with E-state index in [4.69, 9.17) is 4.74 Å². The highest BCUT2D eigenvalue weighted by Crippen LogP contribution is 2.31. The second-order valence-electron chi connectivity index (χ2n) is 5.51. The fourth-order valence-electron chi connectivity index (χ4n) is 3.20. The van der Waals surface area contributed by atoms with Crippen molar-refractivity contribution in [1.82, 2.24) is 15.1 Å². The van der Waals surface area contributed by atoms with Gasteiger partial charge in [-0.3, -0.25) is 14.8 Å². The van der Waals surface area contributed by atoms with Gasteiger partial charge in [-0.05, 0) is 33.1 Å². The largest absolute Gasteiger partial charge is 0.461 e. The molecule has 104 valence electrons. The van der Waals surface area contributed by atoms with Crippen molar-refractivity contribution in [2.45, 2.75) is 64.3 Å². The van der Waals surface area contributed by atoms with E-state index in [0.717, 1.165) is 32.2 Å². The van der Waals surface area contributed by atoms with E-state index >= 15 is 0 Å². The van der Waals surface area contributed by atoms with Crippen LogP contribution < -0.4 is 5.32 Å². The normalized spacial score (nSPS) is 30.2. The Morgan fingerprint density at radius 2 is 2.37 bits per heavy atom. The minimum absolute atomic E-state index is 0.0337. The number of esters is 1. The molecule has 0 aromatic carbocycles. The predicted molar refractivity (Wildman–Crippen MR) is 70.7 cm³/mol. The number of hydrogen-bond donors (Lipinski definition) is 1. The molecule has 1 aromatic heterocycles. The molecule has 3 atom stereocenters. The van der Waals surface area contributed by atoms with Gasteiger partial charge in [-0.15, -0.1) is 0 Å². The third-order valence-electron chi connectivity index (χ3n) is 4.13. The molecule has 5 nitrogen and oxygen atoms in total.